The molecule has 6 heteroatoms. The van der Waals surface area contributed by atoms with Crippen LogP contribution in [0.1, 0.15) is 19.8 Å². The fourth-order valence-corrected chi connectivity index (χ4v) is 3.70. The fourth-order valence-electron chi connectivity index (χ4n) is 1.66. The molecule has 0 saturated carbocycles. The minimum atomic E-state index is -3.00. The molecular weight excluding hydrogens is 244 g/mol. The van der Waals surface area contributed by atoms with Gasteiger partial charge in [-0.05, 0) is 32.1 Å². The number of sulfonamides is 1. The smallest absolute Gasteiger partial charge is 0.213 e. The standard InChI is InChI=1S/C10H22N2O2S2/c1-3-16(13,14)12(2)7-4-6-11-10-5-8-15-9-10/h10-11H,3-9H2,1-2H3. The average Bonchev–Trinajstić information content (AvgIpc) is 2.76. The monoisotopic (exact) mass is 266 g/mol. The lowest BCUT2D eigenvalue weighted by Gasteiger charge is -2.17. The first-order valence-electron chi connectivity index (χ1n) is 5.81. The van der Waals surface area contributed by atoms with Crippen LogP contribution in [0.3, 0.4) is 0 Å². The molecule has 1 atom stereocenters. The minimum absolute atomic E-state index is 0.191. The van der Waals surface area contributed by atoms with Crippen molar-refractivity contribution in [3.8, 4) is 0 Å². The van der Waals surface area contributed by atoms with Crippen molar-refractivity contribution in [2.45, 2.75) is 25.8 Å². The van der Waals surface area contributed by atoms with Gasteiger partial charge >= 0.3 is 0 Å². The Hall–Kier alpha value is 0.220. The summed E-state index contributed by atoms with van der Waals surface area (Å²) in [7, 11) is -1.34. The lowest BCUT2D eigenvalue weighted by Crippen LogP contribution is -2.34. The van der Waals surface area contributed by atoms with E-state index in [1.54, 1.807) is 14.0 Å². The van der Waals surface area contributed by atoms with Gasteiger partial charge in [-0.15, -0.1) is 0 Å². The Labute approximate surface area is 103 Å². The van der Waals surface area contributed by atoms with E-state index in [4.69, 9.17) is 0 Å². The summed E-state index contributed by atoms with van der Waals surface area (Å²) in [5, 5.41) is 3.46. The van der Waals surface area contributed by atoms with E-state index in [0.29, 0.717) is 12.6 Å². The number of hydrogen-bond acceptors (Lipinski definition) is 4. The number of nitrogens with one attached hydrogen (secondary N) is 1. The van der Waals surface area contributed by atoms with Crippen LogP contribution in [0.4, 0.5) is 0 Å². The summed E-state index contributed by atoms with van der Waals surface area (Å²) in [5.74, 6) is 2.64. The van der Waals surface area contributed by atoms with Gasteiger partial charge in [-0.25, -0.2) is 12.7 Å². The van der Waals surface area contributed by atoms with Crippen LogP contribution in [-0.2, 0) is 10.0 Å². The van der Waals surface area contributed by atoms with E-state index in [9.17, 15) is 8.42 Å². The van der Waals surface area contributed by atoms with Gasteiger partial charge in [0.2, 0.25) is 10.0 Å². The first-order chi connectivity index (χ1) is 7.56. The molecule has 1 aliphatic rings. The van der Waals surface area contributed by atoms with Crippen molar-refractivity contribution in [3.63, 3.8) is 0 Å². The SMILES string of the molecule is CCS(=O)(=O)N(C)CCCNC1CCSC1. The molecule has 0 spiro atoms. The highest BCUT2D eigenvalue weighted by Crippen LogP contribution is 2.16. The van der Waals surface area contributed by atoms with Crippen molar-refractivity contribution in [3.05, 3.63) is 0 Å². The van der Waals surface area contributed by atoms with Crippen LogP contribution in [0.2, 0.25) is 0 Å². The van der Waals surface area contributed by atoms with E-state index >= 15 is 0 Å². The van der Waals surface area contributed by atoms with Crippen LogP contribution in [0.15, 0.2) is 0 Å². The molecule has 1 saturated heterocycles. The van der Waals surface area contributed by atoms with Gasteiger partial charge in [0.05, 0.1) is 5.75 Å². The maximum atomic E-state index is 11.5. The molecule has 1 fully saturated rings. The summed E-state index contributed by atoms with van der Waals surface area (Å²) >= 11 is 1.99. The fraction of sp³-hybridized carbons (Fsp3) is 1.00. The highest BCUT2D eigenvalue weighted by molar-refractivity contribution is 7.99. The summed E-state index contributed by atoms with van der Waals surface area (Å²) in [6.45, 7) is 3.21. The third kappa shape index (κ3) is 4.61. The van der Waals surface area contributed by atoms with Crippen molar-refractivity contribution in [1.29, 1.82) is 0 Å². The summed E-state index contributed by atoms with van der Waals surface area (Å²) in [4.78, 5) is 0. The van der Waals surface area contributed by atoms with Gasteiger partial charge in [-0.2, -0.15) is 11.8 Å². The van der Waals surface area contributed by atoms with Crippen molar-refractivity contribution < 1.29 is 8.42 Å². The van der Waals surface area contributed by atoms with E-state index in [-0.39, 0.29) is 5.75 Å². The second kappa shape index (κ2) is 6.83. The molecule has 0 aliphatic carbocycles. The number of hydrogen-bond donors (Lipinski definition) is 1. The van der Waals surface area contributed by atoms with Crippen molar-refractivity contribution in [1.82, 2.24) is 9.62 Å². The molecular formula is C10H22N2O2S2. The average molecular weight is 266 g/mol. The van der Waals surface area contributed by atoms with Crippen LogP contribution >= 0.6 is 11.8 Å². The molecule has 1 heterocycles. The molecule has 0 amide bonds. The van der Waals surface area contributed by atoms with Gasteiger partial charge in [0.25, 0.3) is 0 Å². The Balaban J connectivity index is 2.10. The second-order valence-corrected chi connectivity index (χ2v) is 7.60. The highest BCUT2D eigenvalue weighted by Gasteiger charge is 2.16. The van der Waals surface area contributed by atoms with E-state index < -0.39 is 10.0 Å². The molecule has 0 aromatic carbocycles. The Kier molecular flexibility index (Phi) is 6.10. The lowest BCUT2D eigenvalue weighted by atomic mass is 10.2. The first kappa shape index (κ1) is 14.3. The van der Waals surface area contributed by atoms with Crippen LogP contribution in [0.5, 0.6) is 0 Å². The minimum Gasteiger partial charge on any atom is -0.313 e. The molecule has 1 aliphatic heterocycles. The van der Waals surface area contributed by atoms with E-state index in [2.05, 4.69) is 5.32 Å². The van der Waals surface area contributed by atoms with Crippen molar-refractivity contribution in [2.24, 2.45) is 0 Å². The van der Waals surface area contributed by atoms with Crippen LogP contribution in [-0.4, -0.2) is 56.2 Å². The van der Waals surface area contributed by atoms with Gasteiger partial charge in [0.15, 0.2) is 0 Å². The van der Waals surface area contributed by atoms with Crippen LogP contribution in [0, 0.1) is 0 Å². The molecule has 0 radical (unpaired) electrons. The Morgan fingerprint density at radius 1 is 1.50 bits per heavy atom. The zero-order chi connectivity index (χ0) is 12.0. The normalized spacial score (nSPS) is 21.8. The predicted molar refractivity (Wildman–Crippen MR) is 70.4 cm³/mol. The lowest BCUT2D eigenvalue weighted by molar-refractivity contribution is 0.445. The first-order valence-corrected chi connectivity index (χ1v) is 8.58. The summed E-state index contributed by atoms with van der Waals surface area (Å²) in [5.41, 5.74) is 0. The predicted octanol–water partition coefficient (Wildman–Crippen LogP) is 0.753. The van der Waals surface area contributed by atoms with E-state index in [1.165, 1.54) is 22.2 Å². The topological polar surface area (TPSA) is 49.4 Å². The van der Waals surface area contributed by atoms with Crippen LogP contribution in [0.25, 0.3) is 0 Å². The third-order valence-electron chi connectivity index (χ3n) is 2.85. The van der Waals surface area contributed by atoms with Crippen molar-refractivity contribution >= 4 is 21.8 Å². The summed E-state index contributed by atoms with van der Waals surface area (Å²) < 4.78 is 24.4. The highest BCUT2D eigenvalue weighted by atomic mass is 32.2. The maximum absolute atomic E-state index is 11.5. The molecule has 1 rings (SSSR count). The number of rotatable bonds is 7. The second-order valence-electron chi connectivity index (χ2n) is 4.09. The van der Waals surface area contributed by atoms with E-state index in [1.807, 2.05) is 11.8 Å². The maximum Gasteiger partial charge on any atom is 0.213 e. The zero-order valence-electron chi connectivity index (χ0n) is 10.1. The summed E-state index contributed by atoms with van der Waals surface area (Å²) in [6.07, 6.45) is 2.13. The molecule has 0 aromatic heterocycles. The van der Waals surface area contributed by atoms with Gasteiger partial charge in [0, 0.05) is 25.4 Å². The quantitative estimate of drug-likeness (QED) is 0.691. The number of thioether (sulfide) groups is 1. The molecule has 0 bridgehead atoms. The largest absolute Gasteiger partial charge is 0.313 e. The Morgan fingerprint density at radius 2 is 2.25 bits per heavy atom. The Bertz CT molecular complexity index is 287. The van der Waals surface area contributed by atoms with Gasteiger partial charge in [-0.3, -0.25) is 0 Å². The van der Waals surface area contributed by atoms with Crippen molar-refractivity contribution in [2.75, 3.05) is 37.4 Å². The summed E-state index contributed by atoms with van der Waals surface area (Å²) in [6, 6.07) is 0.637. The molecule has 4 nitrogen and oxygen atoms in total. The molecule has 16 heavy (non-hydrogen) atoms. The van der Waals surface area contributed by atoms with Gasteiger partial charge in [0.1, 0.15) is 0 Å². The van der Waals surface area contributed by atoms with Gasteiger partial charge < -0.3 is 5.32 Å². The molecule has 1 unspecified atom stereocenters. The third-order valence-corrected chi connectivity index (χ3v) is 5.88. The Morgan fingerprint density at radius 3 is 2.81 bits per heavy atom. The van der Waals surface area contributed by atoms with Gasteiger partial charge in [-0.1, -0.05) is 0 Å². The zero-order valence-corrected chi connectivity index (χ0v) is 11.7. The molecule has 96 valence electrons. The number of nitrogens with zero attached hydrogens (tertiary/aromatic N) is 1. The van der Waals surface area contributed by atoms with E-state index in [0.717, 1.165) is 13.0 Å². The molecule has 1 N–H and O–H groups in total. The molecule has 0 aromatic rings. The van der Waals surface area contributed by atoms with Crippen LogP contribution < -0.4 is 5.32 Å².